The number of benzene rings is 2. The third-order valence-electron chi connectivity index (χ3n) is 4.32. The van der Waals surface area contributed by atoms with Crippen molar-refractivity contribution in [2.45, 2.75) is 51.9 Å². The minimum atomic E-state index is -0.552. The van der Waals surface area contributed by atoms with Gasteiger partial charge in [0.15, 0.2) is 0 Å². The molecule has 0 aromatic heterocycles. The van der Waals surface area contributed by atoms with Gasteiger partial charge in [0.05, 0.1) is 17.7 Å². The zero-order valence-electron chi connectivity index (χ0n) is 16.3. The predicted octanol–water partition coefficient (Wildman–Crippen LogP) is 6.47. The van der Waals surface area contributed by atoms with E-state index in [9.17, 15) is 9.59 Å². The number of ether oxygens (including phenoxy) is 2. The zero-order valence-corrected chi connectivity index (χ0v) is 17.0. The van der Waals surface area contributed by atoms with Crippen LogP contribution in [0, 0.1) is 0 Å². The van der Waals surface area contributed by atoms with Crippen LogP contribution in [0.4, 0.5) is 0 Å². The molecule has 0 saturated heterocycles. The molecule has 0 atom stereocenters. The molecule has 0 radical (unpaired) electrons. The number of hydrogen-bond acceptors (Lipinski definition) is 4. The number of carbonyl (C=O) groups is 2. The van der Waals surface area contributed by atoms with Gasteiger partial charge in [0.1, 0.15) is 5.75 Å². The summed E-state index contributed by atoms with van der Waals surface area (Å²) in [6.45, 7) is 2.59. The van der Waals surface area contributed by atoms with Gasteiger partial charge < -0.3 is 9.47 Å². The van der Waals surface area contributed by atoms with Crippen molar-refractivity contribution in [1.82, 2.24) is 0 Å². The molecule has 0 amide bonds. The van der Waals surface area contributed by atoms with E-state index in [1.54, 1.807) is 42.5 Å². The number of rotatable bonds is 11. The van der Waals surface area contributed by atoms with Crippen LogP contribution in [0.3, 0.4) is 0 Å². The summed E-state index contributed by atoms with van der Waals surface area (Å²) in [5.41, 5.74) is 0.619. The monoisotopic (exact) mass is 402 g/mol. The van der Waals surface area contributed by atoms with Gasteiger partial charge >= 0.3 is 11.9 Å². The lowest BCUT2D eigenvalue weighted by atomic mass is 10.1. The van der Waals surface area contributed by atoms with Crippen molar-refractivity contribution in [3.63, 3.8) is 0 Å². The zero-order chi connectivity index (χ0) is 20.2. The molecule has 2 aromatic carbocycles. The van der Waals surface area contributed by atoms with Crippen LogP contribution in [0.1, 0.15) is 72.6 Å². The first-order valence-electron chi connectivity index (χ1n) is 9.85. The van der Waals surface area contributed by atoms with E-state index in [0.29, 0.717) is 22.9 Å². The van der Waals surface area contributed by atoms with Gasteiger partial charge in [-0.2, -0.15) is 0 Å². The Morgan fingerprint density at radius 3 is 2.18 bits per heavy atom. The van der Waals surface area contributed by atoms with Crippen LogP contribution in [0.2, 0.25) is 5.02 Å². The lowest BCUT2D eigenvalue weighted by Gasteiger charge is -2.07. The fourth-order valence-corrected chi connectivity index (χ4v) is 2.96. The van der Waals surface area contributed by atoms with Gasteiger partial charge in [0.2, 0.25) is 0 Å². The molecule has 0 unspecified atom stereocenters. The van der Waals surface area contributed by atoms with Crippen LogP contribution in [-0.2, 0) is 4.74 Å². The number of hydrogen-bond donors (Lipinski definition) is 0. The van der Waals surface area contributed by atoms with Gasteiger partial charge in [-0.1, -0.05) is 69.2 Å². The molecular weight excluding hydrogens is 376 g/mol. The maximum Gasteiger partial charge on any atom is 0.343 e. The van der Waals surface area contributed by atoms with Crippen LogP contribution in [0.5, 0.6) is 5.75 Å². The molecule has 0 fully saturated rings. The molecule has 0 aliphatic heterocycles. The first-order chi connectivity index (χ1) is 13.6. The van der Waals surface area contributed by atoms with E-state index >= 15 is 0 Å². The number of carbonyl (C=O) groups excluding carboxylic acids is 2. The predicted molar refractivity (Wildman–Crippen MR) is 111 cm³/mol. The van der Waals surface area contributed by atoms with Crippen molar-refractivity contribution in [3.8, 4) is 5.75 Å². The third kappa shape index (κ3) is 7.73. The Labute approximate surface area is 171 Å². The number of halogens is 1. The van der Waals surface area contributed by atoms with Gasteiger partial charge in [-0.25, -0.2) is 9.59 Å². The van der Waals surface area contributed by atoms with Crippen LogP contribution in [0.15, 0.2) is 48.5 Å². The lowest BCUT2D eigenvalue weighted by Crippen LogP contribution is -2.11. The van der Waals surface area contributed by atoms with Gasteiger partial charge in [-0.15, -0.1) is 0 Å². The van der Waals surface area contributed by atoms with E-state index in [1.165, 1.54) is 38.2 Å². The fourth-order valence-electron chi connectivity index (χ4n) is 2.78. The molecule has 0 bridgehead atoms. The Morgan fingerprint density at radius 2 is 1.46 bits per heavy atom. The summed E-state index contributed by atoms with van der Waals surface area (Å²) in [6, 6.07) is 12.9. The molecule has 0 aliphatic carbocycles. The Morgan fingerprint density at radius 1 is 0.821 bits per heavy atom. The van der Waals surface area contributed by atoms with E-state index in [1.807, 2.05) is 0 Å². The van der Waals surface area contributed by atoms with Crippen LogP contribution in [-0.4, -0.2) is 18.5 Å². The standard InChI is InChI=1S/C23H27ClO4/c1-2-3-4-5-6-7-8-15-27-22(25)18-11-9-12-19(16-18)23(26)28-21-14-10-13-20(24)17-21/h9-14,16-17H,2-8,15H2,1H3. The summed E-state index contributed by atoms with van der Waals surface area (Å²) in [5, 5.41) is 0.480. The maximum atomic E-state index is 12.3. The summed E-state index contributed by atoms with van der Waals surface area (Å²) >= 11 is 5.89. The summed E-state index contributed by atoms with van der Waals surface area (Å²) < 4.78 is 10.6. The van der Waals surface area contributed by atoms with E-state index in [2.05, 4.69) is 6.92 Å². The smallest absolute Gasteiger partial charge is 0.343 e. The SMILES string of the molecule is CCCCCCCCCOC(=O)c1cccc(C(=O)Oc2cccc(Cl)c2)c1. The van der Waals surface area contributed by atoms with Gasteiger partial charge in [0, 0.05) is 5.02 Å². The van der Waals surface area contributed by atoms with E-state index in [4.69, 9.17) is 21.1 Å². The Kier molecular flexibility index (Phi) is 9.56. The van der Waals surface area contributed by atoms with Crippen molar-refractivity contribution in [2.75, 3.05) is 6.61 Å². The maximum absolute atomic E-state index is 12.3. The molecule has 150 valence electrons. The summed E-state index contributed by atoms with van der Waals surface area (Å²) in [6.07, 6.45) is 8.11. The van der Waals surface area contributed by atoms with Crippen molar-refractivity contribution in [1.29, 1.82) is 0 Å². The molecule has 28 heavy (non-hydrogen) atoms. The van der Waals surface area contributed by atoms with Gasteiger partial charge in [-0.05, 0) is 42.8 Å². The Bertz CT molecular complexity index is 773. The summed E-state index contributed by atoms with van der Waals surface area (Å²) in [4.78, 5) is 24.5. The second kappa shape index (κ2) is 12.2. The van der Waals surface area contributed by atoms with Gasteiger partial charge in [-0.3, -0.25) is 0 Å². The Hall–Kier alpha value is -2.33. The second-order valence-electron chi connectivity index (χ2n) is 6.68. The van der Waals surface area contributed by atoms with Crippen LogP contribution in [0.25, 0.3) is 0 Å². The van der Waals surface area contributed by atoms with E-state index in [0.717, 1.165) is 12.8 Å². The molecule has 0 heterocycles. The highest BCUT2D eigenvalue weighted by molar-refractivity contribution is 6.30. The number of esters is 2. The first-order valence-corrected chi connectivity index (χ1v) is 10.2. The number of unbranched alkanes of at least 4 members (excludes halogenated alkanes) is 6. The van der Waals surface area contributed by atoms with Crippen molar-refractivity contribution >= 4 is 23.5 Å². The van der Waals surface area contributed by atoms with E-state index < -0.39 is 11.9 Å². The molecule has 0 saturated carbocycles. The lowest BCUT2D eigenvalue weighted by molar-refractivity contribution is 0.0497. The van der Waals surface area contributed by atoms with Crippen LogP contribution >= 0.6 is 11.6 Å². The topological polar surface area (TPSA) is 52.6 Å². The highest BCUT2D eigenvalue weighted by atomic mass is 35.5. The molecular formula is C23H27ClO4. The molecule has 4 nitrogen and oxygen atoms in total. The fraction of sp³-hybridized carbons (Fsp3) is 0.391. The second-order valence-corrected chi connectivity index (χ2v) is 7.12. The molecule has 5 heteroatoms. The Balaban J connectivity index is 1.79. The highest BCUT2D eigenvalue weighted by Gasteiger charge is 2.13. The van der Waals surface area contributed by atoms with E-state index in [-0.39, 0.29) is 5.56 Å². The molecule has 2 aromatic rings. The third-order valence-corrected chi connectivity index (χ3v) is 4.56. The minimum Gasteiger partial charge on any atom is -0.462 e. The first kappa shape index (κ1) is 22.0. The average molecular weight is 403 g/mol. The van der Waals surface area contributed by atoms with Gasteiger partial charge in [0.25, 0.3) is 0 Å². The minimum absolute atomic E-state index is 0.283. The summed E-state index contributed by atoms with van der Waals surface area (Å²) in [5.74, 6) is -0.628. The molecule has 0 aliphatic rings. The normalized spacial score (nSPS) is 10.5. The van der Waals surface area contributed by atoms with Crippen molar-refractivity contribution in [3.05, 3.63) is 64.7 Å². The highest BCUT2D eigenvalue weighted by Crippen LogP contribution is 2.19. The molecule has 0 spiro atoms. The molecule has 0 N–H and O–H groups in total. The molecule has 2 rings (SSSR count). The largest absolute Gasteiger partial charge is 0.462 e. The van der Waals surface area contributed by atoms with Crippen LogP contribution < -0.4 is 4.74 Å². The van der Waals surface area contributed by atoms with Crippen molar-refractivity contribution < 1.29 is 19.1 Å². The average Bonchev–Trinajstić information content (AvgIpc) is 2.70. The van der Waals surface area contributed by atoms with Crippen molar-refractivity contribution in [2.24, 2.45) is 0 Å². The summed E-state index contributed by atoms with van der Waals surface area (Å²) in [7, 11) is 0. The quantitative estimate of drug-likeness (QED) is 0.245.